The monoisotopic (exact) mass is 483 g/mol. The molecule has 3 heterocycles. The van der Waals surface area contributed by atoms with E-state index in [9.17, 15) is 27.2 Å². The fourth-order valence-corrected chi connectivity index (χ4v) is 3.21. The number of rotatable bonds is 6. The first-order valence-corrected chi connectivity index (χ1v) is 9.76. The second kappa shape index (κ2) is 8.99. The van der Waals surface area contributed by atoms with Crippen molar-refractivity contribution in [1.29, 1.82) is 0 Å². The molecule has 0 unspecified atom stereocenters. The number of methoxy groups -OCH3 is 1. The zero-order valence-corrected chi connectivity index (χ0v) is 17.5. The normalized spacial score (nSPS) is 16.0. The molecular formula is C19H17F4N7O4. The predicted molar refractivity (Wildman–Crippen MR) is 106 cm³/mol. The van der Waals surface area contributed by atoms with Crippen LogP contribution in [-0.4, -0.2) is 63.3 Å². The van der Waals surface area contributed by atoms with E-state index in [4.69, 9.17) is 4.74 Å². The van der Waals surface area contributed by atoms with Gasteiger partial charge in [-0.15, -0.1) is 5.10 Å². The van der Waals surface area contributed by atoms with E-state index in [1.54, 1.807) is 0 Å². The van der Waals surface area contributed by atoms with Crippen LogP contribution in [0.25, 0.3) is 5.69 Å². The van der Waals surface area contributed by atoms with Crippen LogP contribution in [0.5, 0.6) is 0 Å². The lowest BCUT2D eigenvalue weighted by atomic mass is 10.2. The molecule has 180 valence electrons. The van der Waals surface area contributed by atoms with Crippen LogP contribution in [0.4, 0.5) is 32.8 Å². The van der Waals surface area contributed by atoms with Gasteiger partial charge >= 0.3 is 18.4 Å². The minimum absolute atomic E-state index is 0.00965. The number of ether oxygens (including phenoxy) is 2. The van der Waals surface area contributed by atoms with Gasteiger partial charge in [-0.1, -0.05) is 5.21 Å². The number of alkyl halides is 3. The average Bonchev–Trinajstić information content (AvgIpc) is 3.52. The predicted octanol–water partition coefficient (Wildman–Crippen LogP) is 2.35. The molecule has 11 nitrogen and oxygen atoms in total. The molecule has 2 aromatic heterocycles. The molecular weight excluding hydrogens is 466 g/mol. The number of carbonyl (C=O) groups excluding carboxylic acids is 2. The third kappa shape index (κ3) is 4.92. The Bertz CT molecular complexity index is 1210. The molecule has 34 heavy (non-hydrogen) atoms. The first-order valence-electron chi connectivity index (χ1n) is 9.76. The van der Waals surface area contributed by atoms with Gasteiger partial charge in [-0.25, -0.2) is 18.7 Å². The minimum Gasteiger partial charge on any atom is -0.453 e. The maximum absolute atomic E-state index is 14.8. The number of anilines is 1. The van der Waals surface area contributed by atoms with Crippen LogP contribution in [0.3, 0.4) is 0 Å². The van der Waals surface area contributed by atoms with Gasteiger partial charge in [-0.05, 0) is 24.3 Å². The van der Waals surface area contributed by atoms with E-state index in [1.807, 2.05) is 0 Å². The van der Waals surface area contributed by atoms with Gasteiger partial charge in [0.2, 0.25) is 0 Å². The van der Waals surface area contributed by atoms with Crippen LogP contribution in [0.1, 0.15) is 11.4 Å². The maximum Gasteiger partial charge on any atom is 0.435 e. The number of amides is 2. The summed E-state index contributed by atoms with van der Waals surface area (Å²) >= 11 is 0. The van der Waals surface area contributed by atoms with Gasteiger partial charge in [0.1, 0.15) is 17.5 Å². The summed E-state index contributed by atoms with van der Waals surface area (Å²) in [6.45, 7) is 0.00714. The summed E-state index contributed by atoms with van der Waals surface area (Å²) < 4.78 is 64.6. The number of hydrogen-bond acceptors (Lipinski definition) is 7. The van der Waals surface area contributed by atoms with Crippen molar-refractivity contribution in [3.05, 3.63) is 53.9 Å². The zero-order valence-electron chi connectivity index (χ0n) is 17.5. The molecule has 1 atom stereocenters. The van der Waals surface area contributed by atoms with E-state index in [-0.39, 0.29) is 36.7 Å². The standard InChI is InChI=1S/C19H17F4N7O4/c1-33-17(31)24-7-13-10-29(18(32)34-13)12-2-3-15(14(20)6-12)30-9-11(25-27-30)8-28-5-4-16(26-28)19(21,22)23/h2-6,9,13H,7-8,10H2,1H3,(H,24,31)/t13-/m0/s1. The van der Waals surface area contributed by atoms with Crippen LogP contribution in [0, 0.1) is 5.82 Å². The number of cyclic esters (lactones) is 1. The number of benzene rings is 1. The molecule has 1 saturated heterocycles. The first kappa shape index (κ1) is 23.0. The van der Waals surface area contributed by atoms with Crippen LogP contribution in [0.2, 0.25) is 0 Å². The molecule has 1 aliphatic heterocycles. The van der Waals surface area contributed by atoms with Crippen LogP contribution < -0.4 is 10.2 Å². The molecule has 0 radical (unpaired) electrons. The zero-order chi connectivity index (χ0) is 24.5. The van der Waals surface area contributed by atoms with E-state index in [2.05, 4.69) is 25.5 Å². The number of nitrogens with zero attached hydrogens (tertiary/aromatic N) is 6. The summed E-state index contributed by atoms with van der Waals surface area (Å²) in [5.74, 6) is -0.726. The fraction of sp³-hybridized carbons (Fsp3) is 0.316. The highest BCUT2D eigenvalue weighted by molar-refractivity contribution is 5.90. The number of aromatic nitrogens is 5. The second-order valence-electron chi connectivity index (χ2n) is 7.18. The number of halogens is 4. The summed E-state index contributed by atoms with van der Waals surface area (Å²) in [6, 6.07) is 4.78. The van der Waals surface area contributed by atoms with Gasteiger partial charge in [0.25, 0.3) is 0 Å². The van der Waals surface area contributed by atoms with Gasteiger partial charge in [0.05, 0.1) is 38.6 Å². The van der Waals surface area contributed by atoms with Crippen molar-refractivity contribution in [3.63, 3.8) is 0 Å². The summed E-state index contributed by atoms with van der Waals surface area (Å²) in [5, 5.41) is 13.5. The molecule has 0 saturated carbocycles. The molecule has 3 aromatic rings. The summed E-state index contributed by atoms with van der Waals surface area (Å²) in [4.78, 5) is 24.5. The second-order valence-corrected chi connectivity index (χ2v) is 7.18. The molecule has 1 N–H and O–H groups in total. The van der Waals surface area contributed by atoms with Crippen molar-refractivity contribution >= 4 is 17.9 Å². The van der Waals surface area contributed by atoms with E-state index in [0.29, 0.717) is 0 Å². The fourth-order valence-electron chi connectivity index (χ4n) is 3.21. The Morgan fingerprint density at radius 1 is 1.32 bits per heavy atom. The quantitative estimate of drug-likeness (QED) is 0.535. The Hall–Kier alpha value is -4.17. The molecule has 1 fully saturated rings. The van der Waals surface area contributed by atoms with Gasteiger partial charge in [-0.3, -0.25) is 9.58 Å². The lowest BCUT2D eigenvalue weighted by molar-refractivity contribution is -0.141. The van der Waals surface area contributed by atoms with Crippen molar-refractivity contribution < 1.29 is 36.6 Å². The molecule has 0 bridgehead atoms. The Balaban J connectivity index is 1.44. The average molecular weight is 483 g/mol. The van der Waals surface area contributed by atoms with Gasteiger partial charge in [0, 0.05) is 6.20 Å². The lowest BCUT2D eigenvalue weighted by Gasteiger charge is -2.14. The van der Waals surface area contributed by atoms with Crippen molar-refractivity contribution in [2.24, 2.45) is 0 Å². The van der Waals surface area contributed by atoms with Crippen LogP contribution >= 0.6 is 0 Å². The third-order valence-electron chi connectivity index (χ3n) is 4.82. The van der Waals surface area contributed by atoms with Crippen LogP contribution in [-0.2, 0) is 22.2 Å². The van der Waals surface area contributed by atoms with Gasteiger partial charge < -0.3 is 14.8 Å². The SMILES string of the molecule is COC(=O)NC[C@H]1CN(c2ccc(-n3cc(Cn4ccc(C(F)(F)F)n4)nn3)c(F)c2)C(=O)O1. The first-order chi connectivity index (χ1) is 16.1. The lowest BCUT2D eigenvalue weighted by Crippen LogP contribution is -2.34. The maximum atomic E-state index is 14.8. The molecule has 1 aromatic carbocycles. The Kier molecular flexibility index (Phi) is 6.08. The molecule has 1 aliphatic rings. The van der Waals surface area contributed by atoms with Gasteiger partial charge in [-0.2, -0.15) is 18.3 Å². The van der Waals surface area contributed by atoms with E-state index >= 15 is 0 Å². The van der Waals surface area contributed by atoms with Crippen molar-refractivity contribution in [1.82, 2.24) is 30.1 Å². The van der Waals surface area contributed by atoms with Gasteiger partial charge in [0.15, 0.2) is 11.5 Å². The van der Waals surface area contributed by atoms with Crippen LogP contribution in [0.15, 0.2) is 36.7 Å². The highest BCUT2D eigenvalue weighted by atomic mass is 19.4. The van der Waals surface area contributed by atoms with E-state index < -0.39 is 36.0 Å². The Morgan fingerprint density at radius 2 is 2.12 bits per heavy atom. The van der Waals surface area contributed by atoms with Crippen molar-refractivity contribution in [2.45, 2.75) is 18.8 Å². The Morgan fingerprint density at radius 3 is 2.79 bits per heavy atom. The smallest absolute Gasteiger partial charge is 0.435 e. The number of nitrogens with one attached hydrogen (secondary N) is 1. The number of alkyl carbamates (subject to hydrolysis) is 1. The topological polar surface area (TPSA) is 116 Å². The number of carbonyl (C=O) groups is 2. The molecule has 4 rings (SSSR count). The minimum atomic E-state index is -4.56. The summed E-state index contributed by atoms with van der Waals surface area (Å²) in [6.07, 6.45) is -4.08. The van der Waals surface area contributed by atoms with Crippen molar-refractivity contribution in [3.8, 4) is 5.69 Å². The molecule has 0 aliphatic carbocycles. The molecule has 0 spiro atoms. The summed E-state index contributed by atoms with van der Waals surface area (Å²) in [5.41, 5.74) is -0.548. The Labute approximate surface area is 188 Å². The largest absolute Gasteiger partial charge is 0.453 e. The van der Waals surface area contributed by atoms with Crippen molar-refractivity contribution in [2.75, 3.05) is 25.1 Å². The van der Waals surface area contributed by atoms with E-state index in [1.165, 1.54) is 30.3 Å². The highest BCUT2D eigenvalue weighted by Gasteiger charge is 2.34. The molecule has 15 heteroatoms. The summed E-state index contributed by atoms with van der Waals surface area (Å²) in [7, 11) is 1.20. The highest BCUT2D eigenvalue weighted by Crippen LogP contribution is 2.28. The third-order valence-corrected chi connectivity index (χ3v) is 4.82. The van der Waals surface area contributed by atoms with E-state index in [0.717, 1.165) is 27.7 Å². The number of hydrogen-bond donors (Lipinski definition) is 1. The molecule has 2 amide bonds.